The topological polar surface area (TPSA) is 86.3 Å². The van der Waals surface area contributed by atoms with E-state index < -0.39 is 53.4 Å². The molecular weight excluding hydrogens is 480 g/mol. The van der Waals surface area contributed by atoms with Gasteiger partial charge in [0.1, 0.15) is 0 Å². The fraction of sp³-hybridized carbons (Fsp3) is 0.261. The molecule has 0 radical (unpaired) electrons. The van der Waals surface area contributed by atoms with Gasteiger partial charge in [-0.1, -0.05) is 19.1 Å². The summed E-state index contributed by atoms with van der Waals surface area (Å²) in [5.74, 6) is -2.87. The van der Waals surface area contributed by atoms with Crippen LogP contribution in [-0.4, -0.2) is 27.2 Å². The monoisotopic (exact) mass is 497 g/mol. The van der Waals surface area contributed by atoms with Crippen molar-refractivity contribution >= 4 is 17.6 Å². The molecular formula is C23H17F6N3O3. The van der Waals surface area contributed by atoms with E-state index in [9.17, 15) is 41.0 Å². The van der Waals surface area contributed by atoms with Crippen molar-refractivity contribution < 1.29 is 41.0 Å². The molecule has 1 atom stereocenters. The minimum atomic E-state index is -4.87. The number of hydrogen-bond acceptors (Lipinski definition) is 3. The second kappa shape index (κ2) is 8.43. The Kier molecular flexibility index (Phi) is 5.86. The predicted molar refractivity (Wildman–Crippen MR) is 111 cm³/mol. The van der Waals surface area contributed by atoms with Gasteiger partial charge in [0.25, 0.3) is 5.91 Å². The van der Waals surface area contributed by atoms with Gasteiger partial charge < -0.3 is 10.0 Å². The molecule has 0 bridgehead atoms. The largest absolute Gasteiger partial charge is 0.478 e. The number of carbonyl (C=O) groups is 2. The molecule has 2 aromatic carbocycles. The summed E-state index contributed by atoms with van der Waals surface area (Å²) < 4.78 is 80.2. The number of alkyl halides is 6. The lowest BCUT2D eigenvalue weighted by Gasteiger charge is -2.19. The molecule has 35 heavy (non-hydrogen) atoms. The number of aromatic nitrogens is 2. The first-order valence-corrected chi connectivity index (χ1v) is 10.3. The molecule has 1 amide bonds. The number of aromatic carboxylic acids is 1. The van der Waals surface area contributed by atoms with Crippen molar-refractivity contribution in [2.24, 2.45) is 0 Å². The van der Waals surface area contributed by atoms with Crippen LogP contribution in [0.3, 0.4) is 0 Å². The van der Waals surface area contributed by atoms with Crippen LogP contribution in [0.2, 0.25) is 0 Å². The lowest BCUT2D eigenvalue weighted by atomic mass is 9.94. The van der Waals surface area contributed by atoms with Crippen LogP contribution in [0, 0.1) is 0 Å². The Morgan fingerprint density at radius 3 is 2.43 bits per heavy atom. The van der Waals surface area contributed by atoms with Crippen molar-refractivity contribution in [3.05, 3.63) is 81.7 Å². The molecule has 2 N–H and O–H groups in total. The Labute approximate surface area is 194 Å². The molecule has 0 aliphatic carbocycles. The van der Waals surface area contributed by atoms with Crippen molar-refractivity contribution in [3.63, 3.8) is 0 Å². The standard InChI is InChI=1S/C23H17F6N3O3/c1-11(5-19-18(9-30-31-19)23(27,28)29)12-3-2-4-14(6-12)32-10-16-15(20(32)33)7-13(21(34)35)8-17(16)22(24,25)26/h2-4,6-9,11H,5,10H2,1H3,(H,30,31)(H,34,35)/t11-/m1/s1. The number of benzene rings is 2. The average Bonchev–Trinajstić information content (AvgIpc) is 3.37. The number of fused-ring (bicyclic) bond motifs is 1. The summed E-state index contributed by atoms with van der Waals surface area (Å²) in [6.07, 6.45) is -8.76. The highest BCUT2D eigenvalue weighted by Crippen LogP contribution is 2.40. The number of carbonyl (C=O) groups excluding carboxylic acids is 1. The molecule has 184 valence electrons. The molecule has 1 aromatic heterocycles. The molecule has 3 aromatic rings. The molecule has 4 rings (SSSR count). The molecule has 2 heterocycles. The number of carboxylic acid groups (broad SMARTS) is 1. The SMILES string of the molecule is C[C@H](Cc1n[nH]cc1C(F)(F)F)c1cccc(N2Cc3c(cc(C(=O)O)cc3C(F)(F)F)C2=O)c1. The van der Waals surface area contributed by atoms with Crippen LogP contribution in [0.15, 0.2) is 42.6 Å². The van der Waals surface area contributed by atoms with Crippen LogP contribution in [0.5, 0.6) is 0 Å². The highest BCUT2D eigenvalue weighted by Gasteiger charge is 2.41. The van der Waals surface area contributed by atoms with Crippen LogP contribution in [0.25, 0.3) is 0 Å². The van der Waals surface area contributed by atoms with Crippen molar-refractivity contribution in [3.8, 4) is 0 Å². The van der Waals surface area contributed by atoms with E-state index in [1.165, 1.54) is 12.1 Å². The molecule has 0 fully saturated rings. The summed E-state index contributed by atoms with van der Waals surface area (Å²) in [4.78, 5) is 25.4. The van der Waals surface area contributed by atoms with E-state index in [0.717, 1.165) is 17.2 Å². The summed E-state index contributed by atoms with van der Waals surface area (Å²) in [7, 11) is 0. The van der Waals surface area contributed by atoms with Crippen molar-refractivity contribution in [2.75, 3.05) is 4.90 Å². The molecule has 0 saturated heterocycles. The molecule has 1 aliphatic rings. The van der Waals surface area contributed by atoms with Crippen molar-refractivity contribution in [2.45, 2.75) is 38.2 Å². The van der Waals surface area contributed by atoms with Gasteiger partial charge in [0.05, 0.1) is 28.9 Å². The molecule has 12 heteroatoms. The first-order valence-electron chi connectivity index (χ1n) is 10.3. The van der Waals surface area contributed by atoms with Crippen molar-refractivity contribution in [1.82, 2.24) is 10.2 Å². The Morgan fingerprint density at radius 1 is 1.11 bits per heavy atom. The third-order valence-corrected chi connectivity index (χ3v) is 5.87. The summed E-state index contributed by atoms with van der Waals surface area (Å²) in [6, 6.07) is 7.59. The number of anilines is 1. The Morgan fingerprint density at radius 2 is 1.80 bits per heavy atom. The first-order chi connectivity index (χ1) is 16.3. The van der Waals surface area contributed by atoms with Gasteiger partial charge in [-0.05, 0) is 47.7 Å². The third kappa shape index (κ3) is 4.60. The van der Waals surface area contributed by atoms with E-state index in [4.69, 9.17) is 0 Å². The summed E-state index contributed by atoms with van der Waals surface area (Å²) in [5, 5.41) is 15.1. The average molecular weight is 497 g/mol. The number of halogens is 6. The Balaban J connectivity index is 1.65. The minimum absolute atomic E-state index is 0.0733. The number of carboxylic acids is 1. The number of nitrogens with zero attached hydrogens (tertiary/aromatic N) is 2. The number of hydrogen-bond donors (Lipinski definition) is 2. The fourth-order valence-electron chi connectivity index (χ4n) is 4.12. The van der Waals surface area contributed by atoms with Crippen LogP contribution in [0.1, 0.15) is 61.5 Å². The van der Waals surface area contributed by atoms with Crippen LogP contribution >= 0.6 is 0 Å². The van der Waals surface area contributed by atoms with Gasteiger partial charge in [0.15, 0.2) is 0 Å². The highest BCUT2D eigenvalue weighted by molar-refractivity contribution is 6.11. The zero-order valence-corrected chi connectivity index (χ0v) is 18.0. The smallest absolute Gasteiger partial charge is 0.419 e. The van der Waals surface area contributed by atoms with Gasteiger partial charge >= 0.3 is 18.3 Å². The zero-order valence-electron chi connectivity index (χ0n) is 18.0. The van der Waals surface area contributed by atoms with Gasteiger partial charge in [-0.3, -0.25) is 9.89 Å². The summed E-state index contributed by atoms with van der Waals surface area (Å²) in [5.41, 5.74) is -2.85. The number of rotatable bonds is 5. The maximum atomic E-state index is 13.6. The molecule has 0 spiro atoms. The van der Waals surface area contributed by atoms with Crippen molar-refractivity contribution in [1.29, 1.82) is 0 Å². The maximum absolute atomic E-state index is 13.6. The quantitative estimate of drug-likeness (QED) is 0.446. The highest BCUT2D eigenvalue weighted by atomic mass is 19.4. The minimum Gasteiger partial charge on any atom is -0.478 e. The molecule has 6 nitrogen and oxygen atoms in total. The lowest BCUT2D eigenvalue weighted by molar-refractivity contribution is -0.139. The Bertz CT molecular complexity index is 1310. The van der Waals surface area contributed by atoms with Gasteiger partial charge in [0, 0.05) is 17.4 Å². The second-order valence-electron chi connectivity index (χ2n) is 8.19. The van der Waals surface area contributed by atoms with Gasteiger partial charge in [-0.15, -0.1) is 0 Å². The molecule has 0 saturated carbocycles. The van der Waals surface area contributed by atoms with Gasteiger partial charge in [0.2, 0.25) is 0 Å². The number of aromatic amines is 1. The summed E-state index contributed by atoms with van der Waals surface area (Å²) >= 11 is 0. The third-order valence-electron chi connectivity index (χ3n) is 5.87. The fourth-order valence-corrected chi connectivity index (χ4v) is 4.12. The normalized spacial score (nSPS) is 14.8. The second-order valence-corrected chi connectivity index (χ2v) is 8.19. The first kappa shape index (κ1) is 24.3. The number of nitrogens with one attached hydrogen (secondary N) is 1. The van der Waals surface area contributed by atoms with E-state index in [0.29, 0.717) is 11.6 Å². The predicted octanol–water partition coefficient (Wildman–Crippen LogP) is 5.65. The summed E-state index contributed by atoms with van der Waals surface area (Å²) in [6.45, 7) is 1.23. The molecule has 0 unspecified atom stereocenters. The van der Waals surface area contributed by atoms with Gasteiger partial charge in [-0.2, -0.15) is 31.4 Å². The maximum Gasteiger partial charge on any atom is 0.419 e. The van der Waals surface area contributed by atoms with Crippen LogP contribution in [-0.2, 0) is 25.3 Å². The van der Waals surface area contributed by atoms with E-state index in [1.54, 1.807) is 19.1 Å². The lowest BCUT2D eigenvalue weighted by Crippen LogP contribution is -2.23. The Hall–Kier alpha value is -3.83. The van der Waals surface area contributed by atoms with E-state index in [2.05, 4.69) is 10.2 Å². The van der Waals surface area contributed by atoms with Gasteiger partial charge in [-0.25, -0.2) is 4.79 Å². The number of amides is 1. The zero-order chi connectivity index (χ0) is 25.7. The number of H-pyrrole nitrogens is 1. The molecule has 1 aliphatic heterocycles. The van der Waals surface area contributed by atoms with Crippen LogP contribution in [0.4, 0.5) is 32.0 Å². The van der Waals surface area contributed by atoms with Crippen LogP contribution < -0.4 is 4.90 Å². The van der Waals surface area contributed by atoms with E-state index in [1.807, 2.05) is 0 Å². The van der Waals surface area contributed by atoms with E-state index in [-0.39, 0.29) is 28.9 Å². The van der Waals surface area contributed by atoms with E-state index >= 15 is 0 Å².